The van der Waals surface area contributed by atoms with Gasteiger partial charge in [0.25, 0.3) is 17.7 Å². The van der Waals surface area contributed by atoms with Gasteiger partial charge >= 0.3 is 0 Å². The van der Waals surface area contributed by atoms with E-state index in [4.69, 9.17) is 17.3 Å². The summed E-state index contributed by atoms with van der Waals surface area (Å²) in [6.45, 7) is -0.0151. The monoisotopic (exact) mass is 504 g/mol. The first kappa shape index (κ1) is 21.5. The minimum absolute atomic E-state index is 0.00749. The largest absolute Gasteiger partial charge is 0.390 e. The van der Waals surface area contributed by atoms with Crippen LogP contribution >= 0.6 is 27.5 Å². The van der Waals surface area contributed by atoms with Crippen molar-refractivity contribution in [3.63, 3.8) is 0 Å². The molecule has 0 saturated carbocycles. The maximum atomic E-state index is 12.8. The number of hydrogen-bond donors (Lipinski definition) is 4. The quantitative estimate of drug-likeness (QED) is 0.396. The molecule has 10 heteroatoms. The molecule has 1 aliphatic heterocycles. The molecule has 1 aromatic heterocycles. The molecule has 5 N–H and O–H groups in total. The number of nitrogens with zero attached hydrogens (tertiary/aromatic N) is 1. The van der Waals surface area contributed by atoms with Crippen molar-refractivity contribution in [2.75, 3.05) is 13.1 Å². The zero-order valence-corrected chi connectivity index (χ0v) is 18.7. The van der Waals surface area contributed by atoms with Crippen LogP contribution in [-0.2, 0) is 7.05 Å². The highest BCUT2D eigenvalue weighted by molar-refractivity contribution is 9.10. The average Bonchev–Trinajstić information content (AvgIpc) is 3.18. The lowest BCUT2D eigenvalue weighted by Gasteiger charge is -2.11. The normalized spacial score (nSPS) is 14.0. The lowest BCUT2D eigenvalue weighted by atomic mass is 9.94. The van der Waals surface area contributed by atoms with Gasteiger partial charge in [-0.25, -0.2) is 0 Å². The predicted molar refractivity (Wildman–Crippen MR) is 120 cm³/mol. The number of hydrogen-bond acceptors (Lipinski definition) is 5. The number of imide groups is 1. The Morgan fingerprint density at radius 3 is 2.61 bits per heavy atom. The van der Waals surface area contributed by atoms with E-state index in [0.717, 1.165) is 0 Å². The van der Waals surface area contributed by atoms with E-state index in [1.807, 2.05) is 0 Å². The summed E-state index contributed by atoms with van der Waals surface area (Å²) >= 11 is 9.81. The summed E-state index contributed by atoms with van der Waals surface area (Å²) in [5, 5.41) is 15.5. The van der Waals surface area contributed by atoms with Crippen molar-refractivity contribution in [2.45, 2.75) is 6.10 Å². The molecule has 0 spiro atoms. The van der Waals surface area contributed by atoms with Crippen molar-refractivity contribution in [1.29, 1.82) is 0 Å². The number of nitrogens with two attached hydrogens (primary N) is 1. The number of aliphatic hydroxyl groups is 1. The Morgan fingerprint density at radius 2 is 1.94 bits per heavy atom. The van der Waals surface area contributed by atoms with Crippen LogP contribution in [0.15, 0.2) is 34.8 Å². The minimum atomic E-state index is -0.878. The number of halogens is 2. The number of aryl methyl sites for hydroxylation is 1. The van der Waals surface area contributed by atoms with Gasteiger partial charge in [-0.2, -0.15) is 0 Å². The molecule has 4 rings (SSSR count). The summed E-state index contributed by atoms with van der Waals surface area (Å²) in [4.78, 5) is 38.2. The molecule has 0 aliphatic carbocycles. The van der Waals surface area contributed by atoms with E-state index >= 15 is 0 Å². The molecule has 160 valence electrons. The standard InChI is InChI=1S/C21H18BrClN4O4/c1-27-13-6-11(10-4-2-3-5-12(10)23)14-16(20(30)26-19(14)29)15(13)17(22)18(27)21(31)25-8-9(28)7-24/h2-6,9,28H,7-8,24H2,1H3,(H,25,31)(H,26,29,30). The predicted octanol–water partition coefficient (Wildman–Crippen LogP) is 2.19. The Bertz CT molecular complexity index is 1270. The van der Waals surface area contributed by atoms with Gasteiger partial charge in [0.05, 0.1) is 27.2 Å². The van der Waals surface area contributed by atoms with Crippen LogP contribution in [0.1, 0.15) is 31.2 Å². The van der Waals surface area contributed by atoms with Crippen molar-refractivity contribution in [3.05, 3.63) is 56.6 Å². The Labute approximate surface area is 190 Å². The Morgan fingerprint density at radius 1 is 1.26 bits per heavy atom. The molecule has 1 atom stereocenters. The number of benzene rings is 2. The Kier molecular flexibility index (Phi) is 5.61. The van der Waals surface area contributed by atoms with Crippen LogP contribution in [0.2, 0.25) is 5.02 Å². The lowest BCUT2D eigenvalue weighted by Crippen LogP contribution is -2.36. The maximum Gasteiger partial charge on any atom is 0.269 e. The van der Waals surface area contributed by atoms with Crippen molar-refractivity contribution >= 4 is 56.2 Å². The molecular weight excluding hydrogens is 488 g/mol. The minimum Gasteiger partial charge on any atom is -0.390 e. The summed E-state index contributed by atoms with van der Waals surface area (Å²) in [5.41, 5.74) is 7.68. The third-order valence-corrected chi connectivity index (χ3v) is 6.36. The van der Waals surface area contributed by atoms with Crippen LogP contribution in [0.4, 0.5) is 0 Å². The van der Waals surface area contributed by atoms with E-state index in [0.29, 0.717) is 31.5 Å². The van der Waals surface area contributed by atoms with Gasteiger partial charge in [0.15, 0.2) is 0 Å². The second-order valence-electron chi connectivity index (χ2n) is 7.15. The van der Waals surface area contributed by atoms with E-state index in [1.165, 1.54) is 0 Å². The highest BCUT2D eigenvalue weighted by Crippen LogP contribution is 2.42. The van der Waals surface area contributed by atoms with E-state index in [-0.39, 0.29) is 29.9 Å². The van der Waals surface area contributed by atoms with Gasteiger partial charge in [-0.15, -0.1) is 0 Å². The van der Waals surface area contributed by atoms with Crippen molar-refractivity contribution in [3.8, 4) is 11.1 Å². The smallest absolute Gasteiger partial charge is 0.269 e. The zero-order chi connectivity index (χ0) is 22.4. The van der Waals surface area contributed by atoms with Crippen molar-refractivity contribution in [2.24, 2.45) is 12.8 Å². The summed E-state index contributed by atoms with van der Waals surface area (Å²) in [6.07, 6.45) is -0.878. The number of fused-ring (bicyclic) bond motifs is 3. The van der Waals surface area contributed by atoms with E-state index in [9.17, 15) is 19.5 Å². The van der Waals surface area contributed by atoms with E-state index in [1.54, 1.807) is 41.9 Å². The number of aliphatic hydroxyl groups excluding tert-OH is 1. The molecule has 2 heterocycles. The number of rotatable bonds is 5. The molecule has 0 radical (unpaired) electrons. The molecule has 0 bridgehead atoms. The number of aromatic nitrogens is 1. The van der Waals surface area contributed by atoms with Gasteiger partial charge in [0, 0.05) is 36.1 Å². The molecule has 0 saturated heterocycles. The molecule has 0 fully saturated rings. The zero-order valence-electron chi connectivity index (χ0n) is 16.3. The van der Waals surface area contributed by atoms with Gasteiger partial charge in [-0.1, -0.05) is 29.8 Å². The number of amides is 3. The van der Waals surface area contributed by atoms with Crippen LogP contribution in [0.3, 0.4) is 0 Å². The first-order chi connectivity index (χ1) is 14.8. The number of carbonyl (C=O) groups is 3. The van der Waals surface area contributed by atoms with Crippen LogP contribution < -0.4 is 16.4 Å². The summed E-state index contributed by atoms with van der Waals surface area (Å²) < 4.78 is 2.00. The van der Waals surface area contributed by atoms with Gasteiger partial charge in [-0.3, -0.25) is 19.7 Å². The fourth-order valence-electron chi connectivity index (χ4n) is 3.75. The molecule has 31 heavy (non-hydrogen) atoms. The molecule has 2 aromatic carbocycles. The fraction of sp³-hybridized carbons (Fsp3) is 0.190. The highest BCUT2D eigenvalue weighted by Gasteiger charge is 2.36. The summed E-state index contributed by atoms with van der Waals surface area (Å²) in [7, 11) is 1.68. The lowest BCUT2D eigenvalue weighted by molar-refractivity contribution is 0.0877. The molecule has 3 aromatic rings. The van der Waals surface area contributed by atoms with Crippen LogP contribution in [0.5, 0.6) is 0 Å². The topological polar surface area (TPSA) is 126 Å². The van der Waals surface area contributed by atoms with Gasteiger partial charge in [-0.05, 0) is 33.6 Å². The van der Waals surface area contributed by atoms with Crippen molar-refractivity contribution < 1.29 is 19.5 Å². The Hall–Kier alpha value is -2.72. The fourth-order valence-corrected chi connectivity index (χ4v) is 4.84. The molecule has 1 unspecified atom stereocenters. The Balaban J connectivity index is 1.99. The van der Waals surface area contributed by atoms with E-state index < -0.39 is 23.8 Å². The number of carbonyl (C=O) groups excluding carboxylic acids is 3. The van der Waals surface area contributed by atoms with Gasteiger partial charge in [0.2, 0.25) is 0 Å². The van der Waals surface area contributed by atoms with Crippen LogP contribution in [0, 0.1) is 0 Å². The molecule has 8 nitrogen and oxygen atoms in total. The van der Waals surface area contributed by atoms with Crippen LogP contribution in [-0.4, -0.2) is 46.6 Å². The first-order valence-corrected chi connectivity index (χ1v) is 10.5. The summed E-state index contributed by atoms with van der Waals surface area (Å²) in [6, 6.07) is 8.76. The van der Waals surface area contributed by atoms with E-state index in [2.05, 4.69) is 26.6 Å². The molecular formula is C21H18BrClN4O4. The number of nitrogens with one attached hydrogen (secondary N) is 2. The molecule has 1 aliphatic rings. The third kappa shape index (κ3) is 3.43. The van der Waals surface area contributed by atoms with Crippen LogP contribution in [0.25, 0.3) is 22.0 Å². The summed E-state index contributed by atoms with van der Waals surface area (Å²) in [5.74, 6) is -1.53. The van der Waals surface area contributed by atoms with Gasteiger partial charge in [0.1, 0.15) is 5.69 Å². The SMILES string of the molecule is Cn1c(C(=O)NCC(O)CN)c(Br)c2c3c(c(-c4ccccc4Cl)cc21)C(=O)NC3=O. The highest BCUT2D eigenvalue weighted by atomic mass is 79.9. The second-order valence-corrected chi connectivity index (χ2v) is 8.35. The maximum absolute atomic E-state index is 12.8. The first-order valence-electron chi connectivity index (χ1n) is 9.38. The molecule has 3 amide bonds. The second kappa shape index (κ2) is 8.08. The average molecular weight is 506 g/mol. The third-order valence-electron chi connectivity index (χ3n) is 5.26. The van der Waals surface area contributed by atoms with Crippen molar-refractivity contribution in [1.82, 2.24) is 15.2 Å². The van der Waals surface area contributed by atoms with Gasteiger partial charge < -0.3 is 20.7 Å².